The molecule has 3 aromatic carbocycles. The van der Waals surface area contributed by atoms with Crippen molar-refractivity contribution in [3.8, 4) is 5.75 Å². The van der Waals surface area contributed by atoms with Gasteiger partial charge in [-0.1, -0.05) is 78.0 Å². The highest BCUT2D eigenvalue weighted by molar-refractivity contribution is 8.27. The topological polar surface area (TPSA) is 29.5 Å². The van der Waals surface area contributed by atoms with E-state index < -0.39 is 0 Å². The van der Waals surface area contributed by atoms with Gasteiger partial charge in [-0.05, 0) is 42.7 Å². The Morgan fingerprint density at radius 3 is 2.68 bits per heavy atom. The molecule has 0 unspecified atom stereocenters. The molecule has 0 atom stereocenters. The Balaban J connectivity index is 1.58. The molecule has 1 fully saturated rings. The molecule has 3 aromatic rings. The average molecular weight is 484 g/mol. The number of carbonyl (C=O) groups excluding carboxylic acids is 1. The number of hydrogen-bond donors (Lipinski definition) is 0. The van der Waals surface area contributed by atoms with E-state index in [0.29, 0.717) is 26.6 Å². The van der Waals surface area contributed by atoms with Crippen LogP contribution in [0.5, 0.6) is 5.75 Å². The molecule has 0 spiro atoms. The molecule has 7 heteroatoms. The second-order valence-electron chi connectivity index (χ2n) is 6.64. The molecule has 0 aromatic heterocycles. The largest absolute Gasteiger partial charge is 0.488 e. The number of para-hydroxylation sites is 1. The smallest absolute Gasteiger partial charge is 0.270 e. The number of nitrogens with zero attached hydrogens (tertiary/aromatic N) is 1. The van der Waals surface area contributed by atoms with Crippen LogP contribution >= 0.6 is 47.3 Å². The number of rotatable bonds is 6. The number of benzene rings is 3. The molecule has 31 heavy (non-hydrogen) atoms. The minimum Gasteiger partial charge on any atom is -0.488 e. The average Bonchev–Trinajstić information content (AvgIpc) is 3.07. The first kappa shape index (κ1) is 22.0. The first-order valence-electron chi connectivity index (χ1n) is 9.44. The summed E-state index contributed by atoms with van der Waals surface area (Å²) in [5.41, 5.74) is 2.49. The number of thioether (sulfide) groups is 2. The molecule has 1 aliphatic rings. The Morgan fingerprint density at radius 2 is 1.87 bits per heavy atom. The molecular formula is C24H18ClNO2S3. The van der Waals surface area contributed by atoms with Gasteiger partial charge in [-0.15, -0.1) is 11.8 Å². The van der Waals surface area contributed by atoms with Gasteiger partial charge in [0, 0.05) is 21.0 Å². The summed E-state index contributed by atoms with van der Waals surface area (Å²) in [7, 11) is 0. The standard InChI is InChI=1S/C24H18ClNO2S3/c1-30-19-10-6-9-18(14-19)26-23(27)22(31-24(26)29)13-16-7-3-5-12-21(16)28-15-17-8-2-4-11-20(17)25/h2-14H,15H2,1H3/b22-13+. The third-order valence-electron chi connectivity index (χ3n) is 4.65. The van der Waals surface area contributed by atoms with Crippen LogP contribution in [-0.4, -0.2) is 16.5 Å². The van der Waals surface area contributed by atoms with Crippen LogP contribution in [0.25, 0.3) is 6.08 Å². The third-order valence-corrected chi connectivity index (χ3v) is 7.05. The zero-order valence-electron chi connectivity index (χ0n) is 16.6. The highest BCUT2D eigenvalue weighted by Gasteiger charge is 2.33. The van der Waals surface area contributed by atoms with Crippen molar-refractivity contribution in [1.29, 1.82) is 0 Å². The fourth-order valence-corrected chi connectivity index (χ4v) is 5.02. The number of ether oxygens (including phenoxy) is 1. The molecule has 1 saturated heterocycles. The summed E-state index contributed by atoms with van der Waals surface area (Å²) in [6, 6.07) is 23.0. The van der Waals surface area contributed by atoms with Crippen LogP contribution in [0.4, 0.5) is 5.69 Å². The summed E-state index contributed by atoms with van der Waals surface area (Å²) in [5.74, 6) is 0.547. The molecular weight excluding hydrogens is 466 g/mol. The van der Waals surface area contributed by atoms with Crippen molar-refractivity contribution in [2.75, 3.05) is 11.2 Å². The molecule has 0 saturated carbocycles. The van der Waals surface area contributed by atoms with Crippen molar-refractivity contribution in [1.82, 2.24) is 0 Å². The Labute approximate surface area is 200 Å². The van der Waals surface area contributed by atoms with Crippen molar-refractivity contribution >= 4 is 69.3 Å². The predicted molar refractivity (Wildman–Crippen MR) is 136 cm³/mol. The van der Waals surface area contributed by atoms with Crippen molar-refractivity contribution < 1.29 is 9.53 Å². The van der Waals surface area contributed by atoms with E-state index in [0.717, 1.165) is 21.7 Å². The normalized spacial score (nSPS) is 15.0. The van der Waals surface area contributed by atoms with Crippen LogP contribution in [0.3, 0.4) is 0 Å². The zero-order chi connectivity index (χ0) is 21.8. The quantitative estimate of drug-likeness (QED) is 0.213. The molecule has 1 amide bonds. The van der Waals surface area contributed by atoms with E-state index in [1.165, 1.54) is 11.8 Å². The van der Waals surface area contributed by atoms with Gasteiger partial charge in [0.15, 0.2) is 4.32 Å². The number of halogens is 1. The predicted octanol–water partition coefficient (Wildman–Crippen LogP) is 7.05. The van der Waals surface area contributed by atoms with E-state index in [1.807, 2.05) is 85.1 Å². The molecule has 3 nitrogen and oxygen atoms in total. The van der Waals surface area contributed by atoms with Gasteiger partial charge >= 0.3 is 0 Å². The maximum absolute atomic E-state index is 13.1. The second kappa shape index (κ2) is 9.92. The SMILES string of the molecule is CSc1cccc(N2C(=O)/C(=C\c3ccccc3OCc3ccccc3Cl)SC2=S)c1. The Bertz CT molecular complexity index is 1180. The van der Waals surface area contributed by atoms with Gasteiger partial charge in [0.2, 0.25) is 0 Å². The van der Waals surface area contributed by atoms with Crippen LogP contribution in [0.2, 0.25) is 5.02 Å². The van der Waals surface area contributed by atoms with E-state index >= 15 is 0 Å². The van der Waals surface area contributed by atoms with E-state index in [1.54, 1.807) is 16.7 Å². The van der Waals surface area contributed by atoms with Gasteiger partial charge in [-0.2, -0.15) is 0 Å². The first-order valence-corrected chi connectivity index (χ1v) is 12.3. The third kappa shape index (κ3) is 4.99. The lowest BCUT2D eigenvalue weighted by Gasteiger charge is -2.15. The summed E-state index contributed by atoms with van der Waals surface area (Å²) < 4.78 is 6.54. The lowest BCUT2D eigenvalue weighted by Crippen LogP contribution is -2.27. The summed E-state index contributed by atoms with van der Waals surface area (Å²) in [5, 5.41) is 0.660. The van der Waals surface area contributed by atoms with Crippen LogP contribution < -0.4 is 9.64 Å². The van der Waals surface area contributed by atoms with E-state index in [4.69, 9.17) is 28.6 Å². The van der Waals surface area contributed by atoms with Gasteiger partial charge in [0.25, 0.3) is 5.91 Å². The second-order valence-corrected chi connectivity index (χ2v) is 9.60. The van der Waals surface area contributed by atoms with Crippen LogP contribution in [0, 0.1) is 0 Å². The number of carbonyl (C=O) groups is 1. The van der Waals surface area contributed by atoms with Crippen LogP contribution in [0.1, 0.15) is 11.1 Å². The highest BCUT2D eigenvalue weighted by Crippen LogP contribution is 2.38. The molecule has 0 radical (unpaired) electrons. The van der Waals surface area contributed by atoms with Gasteiger partial charge in [-0.3, -0.25) is 9.69 Å². The van der Waals surface area contributed by atoms with Crippen molar-refractivity contribution in [3.05, 3.63) is 93.9 Å². The minimum atomic E-state index is -0.130. The molecule has 4 rings (SSSR count). The molecule has 1 aliphatic heterocycles. The Hall–Kier alpha value is -2.25. The van der Waals surface area contributed by atoms with Crippen LogP contribution in [0.15, 0.2) is 82.6 Å². The Morgan fingerprint density at radius 1 is 1.10 bits per heavy atom. The van der Waals surface area contributed by atoms with E-state index in [9.17, 15) is 4.79 Å². The van der Waals surface area contributed by atoms with E-state index in [-0.39, 0.29) is 5.91 Å². The summed E-state index contributed by atoms with van der Waals surface area (Å²) >= 11 is 14.7. The monoisotopic (exact) mass is 483 g/mol. The van der Waals surface area contributed by atoms with Gasteiger partial charge < -0.3 is 4.74 Å². The highest BCUT2D eigenvalue weighted by atomic mass is 35.5. The molecule has 0 aliphatic carbocycles. The lowest BCUT2D eigenvalue weighted by atomic mass is 10.1. The zero-order valence-corrected chi connectivity index (χ0v) is 19.8. The molecule has 0 N–H and O–H groups in total. The fourth-order valence-electron chi connectivity index (χ4n) is 3.08. The summed E-state index contributed by atoms with van der Waals surface area (Å²) in [6.45, 7) is 0.340. The maximum atomic E-state index is 13.1. The number of amides is 1. The van der Waals surface area contributed by atoms with Crippen LogP contribution in [-0.2, 0) is 11.4 Å². The number of hydrogen-bond acceptors (Lipinski definition) is 5. The lowest BCUT2D eigenvalue weighted by molar-refractivity contribution is -0.113. The first-order chi connectivity index (χ1) is 15.1. The summed E-state index contributed by atoms with van der Waals surface area (Å²) in [4.78, 5) is 16.4. The van der Waals surface area contributed by atoms with Gasteiger partial charge in [0.05, 0.1) is 10.6 Å². The van der Waals surface area contributed by atoms with E-state index in [2.05, 4.69) is 0 Å². The minimum absolute atomic E-state index is 0.130. The Kier molecular flexibility index (Phi) is 7.02. The number of anilines is 1. The van der Waals surface area contributed by atoms with Crippen molar-refractivity contribution in [2.24, 2.45) is 0 Å². The molecule has 156 valence electrons. The molecule has 1 heterocycles. The number of thiocarbonyl (C=S) groups is 1. The molecule has 0 bridgehead atoms. The van der Waals surface area contributed by atoms with Crippen molar-refractivity contribution in [2.45, 2.75) is 11.5 Å². The fraction of sp³-hybridized carbons (Fsp3) is 0.0833. The van der Waals surface area contributed by atoms with Crippen molar-refractivity contribution in [3.63, 3.8) is 0 Å². The maximum Gasteiger partial charge on any atom is 0.270 e. The van der Waals surface area contributed by atoms with Gasteiger partial charge in [-0.25, -0.2) is 0 Å². The van der Waals surface area contributed by atoms with Gasteiger partial charge in [0.1, 0.15) is 12.4 Å². The summed E-state index contributed by atoms with van der Waals surface area (Å²) in [6.07, 6.45) is 3.84.